The molecule has 8 heteroatoms. The minimum Gasteiger partial charge on any atom is -0.450 e. The van der Waals surface area contributed by atoms with E-state index >= 15 is 0 Å². The largest absolute Gasteiger partial charge is 0.450 e. The average Bonchev–Trinajstić information content (AvgIpc) is 3.45. The second-order valence-electron chi connectivity index (χ2n) is 13.7. The van der Waals surface area contributed by atoms with Gasteiger partial charge in [-0.15, -0.1) is 0 Å². The number of allylic oxidation sites excluding steroid dienone is 1. The van der Waals surface area contributed by atoms with Crippen molar-refractivity contribution in [2.75, 3.05) is 5.75 Å². The molecule has 41 heavy (non-hydrogen) atoms. The van der Waals surface area contributed by atoms with E-state index in [0.717, 1.165) is 50.5 Å². The van der Waals surface area contributed by atoms with Crippen LogP contribution in [-0.4, -0.2) is 45.1 Å². The van der Waals surface area contributed by atoms with Crippen molar-refractivity contribution >= 4 is 40.4 Å². The molecule has 7 nitrogen and oxygen atoms in total. The van der Waals surface area contributed by atoms with Crippen LogP contribution in [-0.2, 0) is 19.1 Å². The predicted molar refractivity (Wildman–Crippen MR) is 154 cm³/mol. The number of carbonyl (C=O) groups is 3. The summed E-state index contributed by atoms with van der Waals surface area (Å²) in [6.07, 6.45) is 8.51. The molecule has 5 aliphatic carbocycles. The molecule has 5 aliphatic rings. The lowest BCUT2D eigenvalue weighted by Gasteiger charge is -2.60. The van der Waals surface area contributed by atoms with Gasteiger partial charge in [0, 0.05) is 11.8 Å². The van der Waals surface area contributed by atoms with Gasteiger partial charge in [0.15, 0.2) is 22.8 Å². The highest BCUT2D eigenvalue weighted by Gasteiger charge is 2.70. The topological polar surface area (TPSA) is 107 Å². The summed E-state index contributed by atoms with van der Waals surface area (Å²) >= 11 is 1.25. The summed E-state index contributed by atoms with van der Waals surface area (Å²) in [6, 6.07) is 7.52. The molecular weight excluding hydrogens is 538 g/mol. The van der Waals surface area contributed by atoms with Gasteiger partial charge in [-0.2, -0.15) is 0 Å². The molecule has 1 N–H and O–H groups in total. The molecule has 0 bridgehead atoms. The summed E-state index contributed by atoms with van der Waals surface area (Å²) in [4.78, 5) is 44.6. The van der Waals surface area contributed by atoms with Crippen LogP contribution in [0.2, 0.25) is 0 Å². The molecule has 0 amide bonds. The van der Waals surface area contributed by atoms with E-state index in [4.69, 9.17) is 9.15 Å². The summed E-state index contributed by atoms with van der Waals surface area (Å²) < 4.78 is 12.3. The number of para-hydroxylation sites is 2. The summed E-state index contributed by atoms with van der Waals surface area (Å²) in [6.45, 7) is 4.33. The minimum atomic E-state index is -1.28. The maximum atomic E-state index is 14.4. The first kappa shape index (κ1) is 27.4. The van der Waals surface area contributed by atoms with E-state index in [-0.39, 0.29) is 52.4 Å². The maximum absolute atomic E-state index is 14.4. The third kappa shape index (κ3) is 4.10. The van der Waals surface area contributed by atoms with Crippen LogP contribution in [0.3, 0.4) is 0 Å². The van der Waals surface area contributed by atoms with Crippen molar-refractivity contribution in [2.45, 2.75) is 95.0 Å². The number of aliphatic hydroxyl groups is 1. The van der Waals surface area contributed by atoms with E-state index in [1.165, 1.54) is 17.3 Å². The normalized spacial score (nSPS) is 38.4. The summed E-state index contributed by atoms with van der Waals surface area (Å²) in [5.41, 5.74) is 0.434. The third-order valence-electron chi connectivity index (χ3n) is 11.8. The Balaban J connectivity index is 1.21. The number of benzene rings is 1. The van der Waals surface area contributed by atoms with Crippen molar-refractivity contribution in [3.63, 3.8) is 0 Å². The zero-order valence-electron chi connectivity index (χ0n) is 23.9. The Kier molecular flexibility index (Phi) is 6.55. The number of hydrogen-bond donors (Lipinski definition) is 1. The summed E-state index contributed by atoms with van der Waals surface area (Å²) in [5.74, 6) is 0.159. The second-order valence-corrected chi connectivity index (χ2v) is 14.6. The Morgan fingerprint density at radius 1 is 1.12 bits per heavy atom. The van der Waals surface area contributed by atoms with Gasteiger partial charge in [-0.25, -0.2) is 4.98 Å². The van der Waals surface area contributed by atoms with Crippen LogP contribution in [0.25, 0.3) is 11.1 Å². The molecule has 1 heterocycles. The Hall–Kier alpha value is -2.45. The number of ether oxygens (including phenoxy) is 1. The van der Waals surface area contributed by atoms with Crippen LogP contribution in [0.1, 0.15) is 78.1 Å². The molecule has 0 aliphatic heterocycles. The Bertz CT molecular complexity index is 1410. The number of carbonyl (C=O) groups excluding carboxylic acids is 3. The number of fused-ring (bicyclic) bond motifs is 6. The minimum absolute atomic E-state index is 0.0380. The van der Waals surface area contributed by atoms with E-state index in [0.29, 0.717) is 30.1 Å². The average molecular weight is 578 g/mol. The molecule has 0 saturated heterocycles. The van der Waals surface area contributed by atoms with Gasteiger partial charge < -0.3 is 14.3 Å². The SMILES string of the molecule is CC12CCC(=O)C=C1CCC1C2[C@@H](O)CC2(C)C1CC[C@]2(OC(=O)C1CCC1)C(=O)CSc1nc2ccccc2o1. The lowest BCUT2D eigenvalue weighted by atomic mass is 9.45. The summed E-state index contributed by atoms with van der Waals surface area (Å²) in [7, 11) is 0. The molecule has 0 radical (unpaired) electrons. The number of Topliss-reactive ketones (excluding diaryl/α,β-unsaturated/α-hetero) is 1. The number of oxazole rings is 1. The second kappa shape index (κ2) is 9.80. The quantitative estimate of drug-likeness (QED) is 0.326. The van der Waals surface area contributed by atoms with Crippen molar-refractivity contribution in [1.82, 2.24) is 4.98 Å². The van der Waals surface area contributed by atoms with E-state index in [1.54, 1.807) is 0 Å². The van der Waals surface area contributed by atoms with Crippen molar-refractivity contribution in [2.24, 2.45) is 34.5 Å². The van der Waals surface area contributed by atoms with E-state index < -0.39 is 17.1 Å². The number of thioether (sulfide) groups is 1. The Morgan fingerprint density at radius 2 is 1.93 bits per heavy atom. The third-order valence-corrected chi connectivity index (χ3v) is 12.6. The molecule has 7 rings (SSSR count). The van der Waals surface area contributed by atoms with E-state index in [1.807, 2.05) is 30.3 Å². The lowest BCUT2D eigenvalue weighted by Crippen LogP contribution is -2.63. The molecule has 1 aromatic carbocycles. The number of hydrogen-bond acceptors (Lipinski definition) is 8. The smallest absolute Gasteiger partial charge is 0.309 e. The number of nitrogens with zero attached hydrogens (tertiary/aromatic N) is 1. The first-order chi connectivity index (χ1) is 19.6. The zero-order chi connectivity index (χ0) is 28.6. The molecule has 4 fully saturated rings. The molecule has 2 aromatic rings. The molecule has 5 unspecified atom stereocenters. The maximum Gasteiger partial charge on any atom is 0.309 e. The Labute approximate surface area is 244 Å². The molecule has 218 valence electrons. The van der Waals surface area contributed by atoms with Gasteiger partial charge in [0.25, 0.3) is 5.22 Å². The lowest BCUT2D eigenvalue weighted by molar-refractivity contribution is -0.204. The van der Waals surface area contributed by atoms with Crippen LogP contribution in [0.5, 0.6) is 0 Å². The summed E-state index contributed by atoms with van der Waals surface area (Å²) in [5, 5.41) is 12.3. The Morgan fingerprint density at radius 3 is 2.68 bits per heavy atom. The van der Waals surface area contributed by atoms with Gasteiger partial charge in [-0.1, -0.05) is 49.7 Å². The van der Waals surface area contributed by atoms with Crippen LogP contribution in [0.15, 0.2) is 45.6 Å². The number of rotatable bonds is 6. The van der Waals surface area contributed by atoms with Gasteiger partial charge in [0.1, 0.15) is 5.52 Å². The predicted octanol–water partition coefficient (Wildman–Crippen LogP) is 6.07. The number of aliphatic hydroxyl groups excluding tert-OH is 1. The highest BCUT2D eigenvalue weighted by Crippen LogP contribution is 2.68. The fourth-order valence-corrected chi connectivity index (χ4v) is 10.2. The van der Waals surface area contributed by atoms with Crippen molar-refractivity contribution in [3.05, 3.63) is 35.9 Å². The first-order valence-electron chi connectivity index (χ1n) is 15.3. The van der Waals surface area contributed by atoms with Crippen LogP contribution in [0.4, 0.5) is 0 Å². The van der Waals surface area contributed by atoms with Gasteiger partial charge >= 0.3 is 5.97 Å². The van der Waals surface area contributed by atoms with Crippen molar-refractivity contribution < 1.29 is 28.6 Å². The molecule has 1 aromatic heterocycles. The monoisotopic (exact) mass is 577 g/mol. The fraction of sp³-hybridized carbons (Fsp3) is 0.636. The molecular formula is C33H39NO6S. The van der Waals surface area contributed by atoms with Gasteiger partial charge in [-0.05, 0) is 92.7 Å². The fourth-order valence-electron chi connectivity index (χ4n) is 9.41. The highest BCUT2D eigenvalue weighted by atomic mass is 32.2. The van der Waals surface area contributed by atoms with E-state index in [9.17, 15) is 19.5 Å². The zero-order valence-corrected chi connectivity index (χ0v) is 24.7. The number of ketones is 2. The number of aromatic nitrogens is 1. The highest BCUT2D eigenvalue weighted by molar-refractivity contribution is 7.99. The van der Waals surface area contributed by atoms with Gasteiger partial charge in [0.05, 0.1) is 17.8 Å². The molecule has 0 spiro atoms. The molecule has 7 atom stereocenters. The van der Waals surface area contributed by atoms with Crippen LogP contribution >= 0.6 is 11.8 Å². The first-order valence-corrected chi connectivity index (χ1v) is 16.3. The number of esters is 1. The van der Waals surface area contributed by atoms with E-state index in [2.05, 4.69) is 18.8 Å². The van der Waals surface area contributed by atoms with Gasteiger partial charge in [0.2, 0.25) is 0 Å². The van der Waals surface area contributed by atoms with Crippen molar-refractivity contribution in [3.8, 4) is 0 Å². The van der Waals surface area contributed by atoms with Crippen molar-refractivity contribution in [1.29, 1.82) is 0 Å². The van der Waals surface area contributed by atoms with Gasteiger partial charge in [-0.3, -0.25) is 14.4 Å². The van der Waals surface area contributed by atoms with Crippen LogP contribution < -0.4 is 0 Å². The van der Waals surface area contributed by atoms with Crippen LogP contribution in [0, 0.1) is 34.5 Å². The standard InChI is InChI=1S/C33H39NO6S/c1-31-14-12-21(35)16-20(31)10-11-22-23-13-15-33(40-29(38)19-6-5-7-19,32(23,2)17-25(36)28(22)31)27(37)18-41-30-34-24-8-3-4-9-26(24)39-30/h3-4,8-9,16,19,22-23,25,28,36H,5-7,10-15,17-18H2,1-2H3/t22?,23?,25-,28?,31?,32?,33-/m0/s1. The molecule has 4 saturated carbocycles.